The number of piperazine rings is 1. The summed E-state index contributed by atoms with van der Waals surface area (Å²) in [6.07, 6.45) is 0. The van der Waals surface area contributed by atoms with Crippen LogP contribution in [0.15, 0.2) is 84.9 Å². The van der Waals surface area contributed by atoms with Gasteiger partial charge in [-0.3, -0.25) is 9.69 Å². The highest BCUT2D eigenvalue weighted by atomic mass is 16.2. The summed E-state index contributed by atoms with van der Waals surface area (Å²) in [5, 5.41) is 0. The first-order valence-corrected chi connectivity index (χ1v) is 10.6. The van der Waals surface area contributed by atoms with Gasteiger partial charge in [0, 0.05) is 57.6 Å². The molecule has 0 radical (unpaired) electrons. The van der Waals surface area contributed by atoms with E-state index in [1.165, 1.54) is 11.3 Å². The molecule has 0 atom stereocenters. The molecule has 4 nitrogen and oxygen atoms in total. The lowest BCUT2D eigenvalue weighted by atomic mass is 10.1. The molecule has 4 rings (SSSR count). The average molecular weight is 400 g/mol. The van der Waals surface area contributed by atoms with Gasteiger partial charge in [-0.15, -0.1) is 0 Å². The summed E-state index contributed by atoms with van der Waals surface area (Å²) >= 11 is 0. The van der Waals surface area contributed by atoms with Gasteiger partial charge in [-0.2, -0.15) is 0 Å². The van der Waals surface area contributed by atoms with Crippen molar-refractivity contribution >= 4 is 11.6 Å². The molecule has 0 saturated carbocycles. The molecule has 4 heteroatoms. The highest BCUT2D eigenvalue weighted by molar-refractivity contribution is 5.94. The minimum absolute atomic E-state index is 0.0644. The molecule has 0 bridgehead atoms. The number of amides is 1. The molecule has 1 aliphatic heterocycles. The number of benzene rings is 3. The normalized spacial score (nSPS) is 14.5. The molecule has 154 valence electrons. The van der Waals surface area contributed by atoms with Gasteiger partial charge >= 0.3 is 0 Å². The molecule has 1 heterocycles. The third kappa shape index (κ3) is 5.08. The zero-order valence-corrected chi connectivity index (χ0v) is 17.6. The number of carbonyl (C=O) groups excluding carboxylic acids is 1. The van der Waals surface area contributed by atoms with E-state index in [4.69, 9.17) is 0 Å². The number of nitrogens with zero attached hydrogens (tertiary/aromatic N) is 3. The maximum absolute atomic E-state index is 12.9. The number of carbonyl (C=O) groups is 1. The predicted octanol–water partition coefficient (Wildman–Crippen LogP) is 4.28. The van der Waals surface area contributed by atoms with E-state index in [-0.39, 0.29) is 5.91 Å². The Labute approximate surface area is 179 Å². The second-order valence-corrected chi connectivity index (χ2v) is 7.95. The Hall–Kier alpha value is -3.11. The summed E-state index contributed by atoms with van der Waals surface area (Å²) in [5.41, 5.74) is 4.39. The van der Waals surface area contributed by atoms with Gasteiger partial charge in [-0.25, -0.2) is 0 Å². The van der Waals surface area contributed by atoms with E-state index in [1.54, 1.807) is 4.90 Å². The third-order valence-electron chi connectivity index (χ3n) is 5.68. The molecule has 30 heavy (non-hydrogen) atoms. The first kappa shape index (κ1) is 20.2. The fourth-order valence-electron chi connectivity index (χ4n) is 4.01. The van der Waals surface area contributed by atoms with E-state index in [1.807, 2.05) is 43.4 Å². The zero-order chi connectivity index (χ0) is 20.8. The Morgan fingerprint density at radius 3 is 2.13 bits per heavy atom. The van der Waals surface area contributed by atoms with Crippen molar-refractivity contribution in [2.75, 3.05) is 38.1 Å². The van der Waals surface area contributed by atoms with Crippen LogP contribution in [0.2, 0.25) is 0 Å². The summed E-state index contributed by atoms with van der Waals surface area (Å²) in [7, 11) is 1.87. The highest BCUT2D eigenvalue weighted by Crippen LogP contribution is 2.18. The predicted molar refractivity (Wildman–Crippen MR) is 123 cm³/mol. The first-order chi connectivity index (χ1) is 14.7. The number of para-hydroxylation sites is 1. The molecule has 1 fully saturated rings. The Bertz CT molecular complexity index is 950. The average Bonchev–Trinajstić information content (AvgIpc) is 2.80. The van der Waals surface area contributed by atoms with Crippen LogP contribution in [0.1, 0.15) is 21.5 Å². The van der Waals surface area contributed by atoms with Gasteiger partial charge in [0.05, 0.1) is 0 Å². The molecule has 3 aromatic carbocycles. The van der Waals surface area contributed by atoms with E-state index in [0.29, 0.717) is 6.54 Å². The van der Waals surface area contributed by atoms with E-state index in [2.05, 4.69) is 58.3 Å². The monoisotopic (exact) mass is 399 g/mol. The maximum Gasteiger partial charge on any atom is 0.253 e. The van der Waals surface area contributed by atoms with Crippen LogP contribution in [-0.4, -0.2) is 48.9 Å². The number of hydrogen-bond donors (Lipinski definition) is 0. The number of rotatable bonds is 6. The molecular formula is C26H29N3O. The van der Waals surface area contributed by atoms with Crippen molar-refractivity contribution in [2.45, 2.75) is 13.1 Å². The van der Waals surface area contributed by atoms with Crippen molar-refractivity contribution < 1.29 is 4.79 Å². The zero-order valence-electron chi connectivity index (χ0n) is 17.6. The lowest BCUT2D eigenvalue weighted by Gasteiger charge is -2.36. The minimum atomic E-state index is 0.0644. The third-order valence-corrected chi connectivity index (χ3v) is 5.68. The maximum atomic E-state index is 12.9. The second kappa shape index (κ2) is 9.59. The van der Waals surface area contributed by atoms with Crippen molar-refractivity contribution in [1.29, 1.82) is 0 Å². The fourth-order valence-corrected chi connectivity index (χ4v) is 4.01. The lowest BCUT2D eigenvalue weighted by molar-refractivity contribution is 0.0785. The second-order valence-electron chi connectivity index (χ2n) is 7.95. The van der Waals surface area contributed by atoms with Gasteiger partial charge in [0.25, 0.3) is 5.91 Å². The van der Waals surface area contributed by atoms with Crippen LogP contribution in [0, 0.1) is 0 Å². The topological polar surface area (TPSA) is 26.8 Å². The Balaban J connectivity index is 1.34. The van der Waals surface area contributed by atoms with Gasteiger partial charge in [0.2, 0.25) is 0 Å². The molecule has 0 N–H and O–H groups in total. The molecule has 3 aromatic rings. The van der Waals surface area contributed by atoms with Gasteiger partial charge in [-0.1, -0.05) is 60.7 Å². The van der Waals surface area contributed by atoms with Crippen LogP contribution in [-0.2, 0) is 13.1 Å². The summed E-state index contributed by atoms with van der Waals surface area (Å²) in [6, 6.07) is 28.8. The summed E-state index contributed by atoms with van der Waals surface area (Å²) in [6.45, 7) is 5.62. The molecule has 1 aliphatic rings. The van der Waals surface area contributed by atoms with Gasteiger partial charge < -0.3 is 9.80 Å². The van der Waals surface area contributed by atoms with Crippen LogP contribution in [0.5, 0.6) is 0 Å². The summed E-state index contributed by atoms with van der Waals surface area (Å²) in [4.78, 5) is 19.6. The Kier molecular flexibility index (Phi) is 6.45. The lowest BCUT2D eigenvalue weighted by Crippen LogP contribution is -2.45. The van der Waals surface area contributed by atoms with E-state index >= 15 is 0 Å². The molecule has 0 unspecified atom stereocenters. The smallest absolute Gasteiger partial charge is 0.253 e. The first-order valence-electron chi connectivity index (χ1n) is 10.6. The molecular weight excluding hydrogens is 370 g/mol. The standard InChI is InChI=1S/C26H29N3O/c1-27(20-22-9-4-2-5-10-22)26(30)24-12-8-11-23(19-24)21-28-15-17-29(18-16-28)25-13-6-3-7-14-25/h2-14,19H,15-18,20-21H2,1H3. The van der Waals surface area contributed by atoms with Crippen molar-refractivity contribution in [3.63, 3.8) is 0 Å². The van der Waals surface area contributed by atoms with Gasteiger partial charge in [0.1, 0.15) is 0 Å². The van der Waals surface area contributed by atoms with Crippen LogP contribution < -0.4 is 4.90 Å². The quantitative estimate of drug-likeness (QED) is 0.619. The molecule has 0 spiro atoms. The van der Waals surface area contributed by atoms with Crippen LogP contribution in [0.25, 0.3) is 0 Å². The number of anilines is 1. The van der Waals surface area contributed by atoms with E-state index < -0.39 is 0 Å². The summed E-state index contributed by atoms with van der Waals surface area (Å²) < 4.78 is 0. The molecule has 1 saturated heterocycles. The van der Waals surface area contributed by atoms with Gasteiger partial charge in [0.15, 0.2) is 0 Å². The van der Waals surface area contributed by atoms with E-state index in [9.17, 15) is 4.79 Å². The fraction of sp³-hybridized carbons (Fsp3) is 0.269. The van der Waals surface area contributed by atoms with Crippen molar-refractivity contribution in [3.05, 3.63) is 102 Å². The molecule has 1 amide bonds. The molecule has 0 aliphatic carbocycles. The SMILES string of the molecule is CN(Cc1ccccc1)C(=O)c1cccc(CN2CCN(c3ccccc3)CC2)c1. The van der Waals surface area contributed by atoms with Crippen LogP contribution in [0.3, 0.4) is 0 Å². The van der Waals surface area contributed by atoms with Crippen LogP contribution >= 0.6 is 0 Å². The largest absolute Gasteiger partial charge is 0.369 e. The summed E-state index contributed by atoms with van der Waals surface area (Å²) in [5.74, 6) is 0.0644. The van der Waals surface area contributed by atoms with E-state index in [0.717, 1.165) is 43.9 Å². The van der Waals surface area contributed by atoms with Crippen molar-refractivity contribution in [2.24, 2.45) is 0 Å². The minimum Gasteiger partial charge on any atom is -0.369 e. The Morgan fingerprint density at radius 1 is 0.800 bits per heavy atom. The highest BCUT2D eigenvalue weighted by Gasteiger charge is 2.18. The van der Waals surface area contributed by atoms with Crippen molar-refractivity contribution in [3.8, 4) is 0 Å². The molecule has 0 aromatic heterocycles. The van der Waals surface area contributed by atoms with Gasteiger partial charge in [-0.05, 0) is 35.4 Å². The number of hydrogen-bond acceptors (Lipinski definition) is 3. The van der Waals surface area contributed by atoms with Crippen LogP contribution in [0.4, 0.5) is 5.69 Å². The van der Waals surface area contributed by atoms with Crippen molar-refractivity contribution in [1.82, 2.24) is 9.80 Å². The Morgan fingerprint density at radius 2 is 1.43 bits per heavy atom.